The van der Waals surface area contributed by atoms with E-state index in [2.05, 4.69) is 16.6 Å². The average Bonchev–Trinajstić information content (AvgIpc) is 2.76. The number of benzene rings is 2. The molecule has 2 heterocycles. The Morgan fingerprint density at radius 2 is 1.70 bits per heavy atom. The first-order valence-electron chi connectivity index (χ1n) is 9.83. The van der Waals surface area contributed by atoms with Crippen molar-refractivity contribution in [3.8, 4) is 23.8 Å². The fourth-order valence-electron chi connectivity index (χ4n) is 3.33. The maximum Gasteiger partial charge on any atom is 0.163 e. The number of hydrogen-bond donors (Lipinski definition) is 2. The van der Waals surface area contributed by atoms with Crippen molar-refractivity contribution in [1.29, 1.82) is 0 Å². The van der Waals surface area contributed by atoms with Gasteiger partial charge in [-0.1, -0.05) is 12.0 Å². The molecule has 1 atom stereocenters. The maximum absolute atomic E-state index is 6.52. The molecule has 2 aliphatic rings. The Morgan fingerprint density at radius 1 is 1.00 bits per heavy atom. The molecule has 7 nitrogen and oxygen atoms in total. The molecule has 1 unspecified atom stereocenters. The number of hydrogen-bond acceptors (Lipinski definition) is 7. The SMILES string of the molecule is C#Cc1cccc(NC2c3cc4c(cc3NCN2Cl)OCCOCCOCCO4)c1. The highest BCUT2D eigenvalue weighted by Gasteiger charge is 2.28. The second-order valence-corrected chi connectivity index (χ2v) is 7.25. The Balaban J connectivity index is 1.62. The van der Waals surface area contributed by atoms with Crippen LogP contribution in [0, 0.1) is 12.3 Å². The molecule has 0 saturated carbocycles. The van der Waals surface area contributed by atoms with E-state index in [9.17, 15) is 0 Å². The molecule has 158 valence electrons. The summed E-state index contributed by atoms with van der Waals surface area (Å²) >= 11 is 6.52. The van der Waals surface area contributed by atoms with E-state index < -0.39 is 0 Å². The van der Waals surface area contributed by atoms with Gasteiger partial charge in [0.15, 0.2) is 11.5 Å². The predicted octanol–water partition coefficient (Wildman–Crippen LogP) is 3.42. The van der Waals surface area contributed by atoms with Crippen molar-refractivity contribution >= 4 is 23.2 Å². The van der Waals surface area contributed by atoms with Gasteiger partial charge in [-0.15, -0.1) is 6.42 Å². The van der Waals surface area contributed by atoms with Crippen LogP contribution in [0.3, 0.4) is 0 Å². The van der Waals surface area contributed by atoms with Gasteiger partial charge in [0.25, 0.3) is 0 Å². The molecule has 0 spiro atoms. The molecule has 0 fully saturated rings. The van der Waals surface area contributed by atoms with Crippen molar-refractivity contribution in [3.63, 3.8) is 0 Å². The summed E-state index contributed by atoms with van der Waals surface area (Å²) < 4.78 is 24.5. The Morgan fingerprint density at radius 3 is 2.43 bits per heavy atom. The van der Waals surface area contributed by atoms with E-state index >= 15 is 0 Å². The van der Waals surface area contributed by atoms with E-state index in [-0.39, 0.29) is 6.17 Å². The second kappa shape index (κ2) is 9.92. The van der Waals surface area contributed by atoms with Crippen LogP contribution in [-0.4, -0.2) is 50.7 Å². The van der Waals surface area contributed by atoms with Gasteiger partial charge in [0.05, 0.1) is 33.1 Å². The Labute approximate surface area is 181 Å². The summed E-state index contributed by atoms with van der Waals surface area (Å²) in [5, 5.41) is 6.77. The van der Waals surface area contributed by atoms with E-state index in [0.29, 0.717) is 57.8 Å². The van der Waals surface area contributed by atoms with Crippen molar-refractivity contribution in [2.75, 3.05) is 56.9 Å². The quantitative estimate of drug-likeness (QED) is 0.560. The first-order chi connectivity index (χ1) is 14.7. The minimum Gasteiger partial charge on any atom is -0.487 e. The van der Waals surface area contributed by atoms with Gasteiger partial charge in [-0.05, 0) is 36.0 Å². The number of nitrogens with zero attached hydrogens (tertiary/aromatic N) is 1. The Bertz CT molecular complexity index is 918. The summed E-state index contributed by atoms with van der Waals surface area (Å²) in [6, 6.07) is 11.6. The van der Waals surface area contributed by atoms with Gasteiger partial charge in [0.1, 0.15) is 19.4 Å². The number of nitrogens with one attached hydrogen (secondary N) is 2. The van der Waals surface area contributed by atoms with Crippen LogP contribution in [0.25, 0.3) is 0 Å². The molecule has 30 heavy (non-hydrogen) atoms. The zero-order valence-electron chi connectivity index (χ0n) is 16.5. The topological polar surface area (TPSA) is 64.2 Å². The molecule has 2 aromatic carbocycles. The van der Waals surface area contributed by atoms with Gasteiger partial charge in [-0.3, -0.25) is 0 Å². The van der Waals surface area contributed by atoms with Gasteiger partial charge in [-0.2, -0.15) is 4.42 Å². The molecule has 2 N–H and O–H groups in total. The van der Waals surface area contributed by atoms with Crippen LogP contribution in [0.2, 0.25) is 0 Å². The molecule has 0 aliphatic carbocycles. The molecule has 0 aromatic heterocycles. The van der Waals surface area contributed by atoms with Crippen molar-refractivity contribution in [1.82, 2.24) is 4.42 Å². The van der Waals surface area contributed by atoms with Crippen molar-refractivity contribution in [2.45, 2.75) is 6.17 Å². The third-order valence-electron chi connectivity index (χ3n) is 4.79. The molecule has 8 heteroatoms. The lowest BCUT2D eigenvalue weighted by Gasteiger charge is -2.35. The van der Waals surface area contributed by atoms with Crippen molar-refractivity contribution in [3.05, 3.63) is 47.5 Å². The predicted molar refractivity (Wildman–Crippen MR) is 116 cm³/mol. The molecule has 2 aromatic rings. The van der Waals surface area contributed by atoms with Crippen LogP contribution < -0.4 is 20.1 Å². The van der Waals surface area contributed by atoms with Gasteiger partial charge < -0.3 is 29.6 Å². The van der Waals surface area contributed by atoms with E-state index in [0.717, 1.165) is 22.5 Å². The molecular formula is C22H24ClN3O4. The van der Waals surface area contributed by atoms with Crippen LogP contribution >= 0.6 is 11.8 Å². The van der Waals surface area contributed by atoms with Crippen molar-refractivity contribution < 1.29 is 18.9 Å². The van der Waals surface area contributed by atoms with Gasteiger partial charge in [0, 0.05) is 28.6 Å². The molecule has 0 bridgehead atoms. The lowest BCUT2D eigenvalue weighted by molar-refractivity contribution is 0.0223. The standard InChI is InChI=1S/C22H24ClN3O4/c1-2-16-4-3-5-17(12-16)25-22-18-13-20-21(14-19(18)24-15-26(22)23)30-11-9-28-7-6-27-8-10-29-20/h1,3-5,12-14,22,24-25H,6-11,15H2. The third-order valence-corrected chi connectivity index (χ3v) is 5.10. The second-order valence-electron chi connectivity index (χ2n) is 6.81. The molecule has 2 aliphatic heterocycles. The number of rotatable bonds is 2. The first-order valence-corrected chi connectivity index (χ1v) is 10.2. The summed E-state index contributed by atoms with van der Waals surface area (Å²) in [6.07, 6.45) is 5.24. The average molecular weight is 430 g/mol. The molecule has 0 saturated heterocycles. The summed E-state index contributed by atoms with van der Waals surface area (Å²) in [6.45, 7) is 3.33. The summed E-state index contributed by atoms with van der Waals surface area (Å²) in [4.78, 5) is 0. The van der Waals surface area contributed by atoms with Gasteiger partial charge in [0.2, 0.25) is 0 Å². The molecule has 0 amide bonds. The first kappa shape index (κ1) is 20.6. The fourth-order valence-corrected chi connectivity index (χ4v) is 3.54. The number of anilines is 2. The largest absolute Gasteiger partial charge is 0.487 e. The van der Waals surface area contributed by atoms with Crippen molar-refractivity contribution in [2.24, 2.45) is 0 Å². The van der Waals surface area contributed by atoms with E-state index in [4.69, 9.17) is 37.1 Å². The summed E-state index contributed by atoms with van der Waals surface area (Å²) in [7, 11) is 0. The zero-order chi connectivity index (χ0) is 20.8. The zero-order valence-corrected chi connectivity index (χ0v) is 17.3. The molecule has 4 rings (SSSR count). The van der Waals surface area contributed by atoms with Crippen LogP contribution in [0.15, 0.2) is 36.4 Å². The van der Waals surface area contributed by atoms with Gasteiger partial charge in [-0.25, -0.2) is 0 Å². The summed E-state index contributed by atoms with van der Waals surface area (Å²) in [5.41, 5.74) is 3.54. The normalized spacial score (nSPS) is 19.9. The minimum absolute atomic E-state index is 0.286. The van der Waals surface area contributed by atoms with Crippen LogP contribution in [0.1, 0.15) is 17.3 Å². The Kier molecular flexibility index (Phi) is 6.82. The fraction of sp³-hybridized carbons (Fsp3) is 0.364. The highest BCUT2D eigenvalue weighted by atomic mass is 35.5. The van der Waals surface area contributed by atoms with Crippen LogP contribution in [0.5, 0.6) is 11.5 Å². The highest BCUT2D eigenvalue weighted by molar-refractivity contribution is 6.14. The Hall–Kier alpha value is -2.63. The number of halogens is 1. The number of ether oxygens (including phenoxy) is 4. The summed E-state index contributed by atoms with van der Waals surface area (Å²) in [5.74, 6) is 3.94. The van der Waals surface area contributed by atoms with E-state index in [1.54, 1.807) is 4.42 Å². The third kappa shape index (κ3) is 4.91. The van der Waals surface area contributed by atoms with Gasteiger partial charge >= 0.3 is 0 Å². The molecular weight excluding hydrogens is 406 g/mol. The number of terminal acetylenes is 1. The lowest BCUT2D eigenvalue weighted by Crippen LogP contribution is -2.35. The van der Waals surface area contributed by atoms with Crippen LogP contribution in [0.4, 0.5) is 11.4 Å². The lowest BCUT2D eigenvalue weighted by atomic mass is 10.1. The number of fused-ring (bicyclic) bond motifs is 2. The monoisotopic (exact) mass is 429 g/mol. The maximum atomic E-state index is 6.52. The molecule has 0 radical (unpaired) electrons. The van der Waals surface area contributed by atoms with Crippen LogP contribution in [-0.2, 0) is 9.47 Å². The van der Waals surface area contributed by atoms with E-state index in [1.165, 1.54) is 0 Å². The smallest absolute Gasteiger partial charge is 0.163 e. The minimum atomic E-state index is -0.286. The van der Waals surface area contributed by atoms with E-state index in [1.807, 2.05) is 36.4 Å². The highest BCUT2D eigenvalue weighted by Crippen LogP contribution is 2.41.